The summed E-state index contributed by atoms with van der Waals surface area (Å²) < 4.78 is 2.24. The summed E-state index contributed by atoms with van der Waals surface area (Å²) in [7, 11) is 0. The van der Waals surface area contributed by atoms with Crippen molar-refractivity contribution in [2.24, 2.45) is 0 Å². The van der Waals surface area contributed by atoms with Gasteiger partial charge in [-0.05, 0) is 65.4 Å². The van der Waals surface area contributed by atoms with Gasteiger partial charge in [-0.3, -0.25) is 14.2 Å². The van der Waals surface area contributed by atoms with Crippen molar-refractivity contribution in [1.29, 1.82) is 0 Å². The van der Waals surface area contributed by atoms with Crippen molar-refractivity contribution in [3.63, 3.8) is 0 Å². The number of ketones is 2. The Kier molecular flexibility index (Phi) is 5.55. The van der Waals surface area contributed by atoms with Crippen molar-refractivity contribution < 1.29 is 9.59 Å². The molecule has 7 nitrogen and oxygen atoms in total. The zero-order valence-electron chi connectivity index (χ0n) is 17.6. The third-order valence-corrected chi connectivity index (χ3v) is 6.94. The van der Waals surface area contributed by atoms with Gasteiger partial charge in [0.2, 0.25) is 5.95 Å². The Labute approximate surface area is 175 Å². The van der Waals surface area contributed by atoms with Gasteiger partial charge < -0.3 is 9.88 Å². The molecule has 1 atom stereocenters. The van der Waals surface area contributed by atoms with Crippen LogP contribution >= 0.6 is 11.8 Å². The lowest BCUT2D eigenvalue weighted by Gasteiger charge is -2.28. The van der Waals surface area contributed by atoms with Crippen molar-refractivity contribution in [1.82, 2.24) is 19.7 Å². The molecule has 0 spiro atoms. The SMILES string of the molecule is CC(=O)c1c(C)[nH]c(C(=O)[C@@H](C)Sc2nnc(N3CCCCC3)n2C2CC2)c1C. The summed E-state index contributed by atoms with van der Waals surface area (Å²) in [6, 6.07) is 0.450. The van der Waals surface area contributed by atoms with Crippen molar-refractivity contribution in [2.75, 3.05) is 18.0 Å². The van der Waals surface area contributed by atoms with Crippen LogP contribution in [0.5, 0.6) is 0 Å². The first-order valence-corrected chi connectivity index (χ1v) is 11.4. The lowest BCUT2D eigenvalue weighted by molar-refractivity contribution is 0.0988. The molecule has 2 aromatic heterocycles. The van der Waals surface area contributed by atoms with Crippen LogP contribution in [0.2, 0.25) is 0 Å². The van der Waals surface area contributed by atoms with E-state index >= 15 is 0 Å². The van der Waals surface area contributed by atoms with Crippen LogP contribution in [0, 0.1) is 13.8 Å². The van der Waals surface area contributed by atoms with Gasteiger partial charge >= 0.3 is 0 Å². The summed E-state index contributed by atoms with van der Waals surface area (Å²) in [4.78, 5) is 30.5. The molecule has 0 bridgehead atoms. The number of aromatic amines is 1. The van der Waals surface area contributed by atoms with Gasteiger partial charge in [0, 0.05) is 30.4 Å². The topological polar surface area (TPSA) is 83.9 Å². The Bertz CT molecular complexity index is 937. The molecule has 29 heavy (non-hydrogen) atoms. The largest absolute Gasteiger partial charge is 0.355 e. The van der Waals surface area contributed by atoms with Gasteiger partial charge in [-0.2, -0.15) is 0 Å². The minimum atomic E-state index is -0.317. The van der Waals surface area contributed by atoms with Crippen molar-refractivity contribution in [2.45, 2.75) is 76.2 Å². The first-order chi connectivity index (χ1) is 13.9. The molecular formula is C21H29N5O2S. The number of nitrogens with one attached hydrogen (secondary N) is 1. The summed E-state index contributed by atoms with van der Waals surface area (Å²) in [6.07, 6.45) is 5.95. The van der Waals surface area contributed by atoms with E-state index in [2.05, 4.69) is 24.6 Å². The Morgan fingerprint density at radius 3 is 2.41 bits per heavy atom. The molecule has 1 aliphatic carbocycles. The van der Waals surface area contributed by atoms with E-state index in [0.717, 1.165) is 48.3 Å². The highest BCUT2D eigenvalue weighted by Crippen LogP contribution is 2.42. The minimum absolute atomic E-state index is 0.00651. The van der Waals surface area contributed by atoms with E-state index < -0.39 is 0 Å². The first kappa shape index (κ1) is 20.2. The number of carbonyl (C=O) groups excluding carboxylic acids is 2. The Morgan fingerprint density at radius 1 is 1.14 bits per heavy atom. The fourth-order valence-corrected chi connectivity index (χ4v) is 5.22. The van der Waals surface area contributed by atoms with E-state index in [1.54, 1.807) is 0 Å². The molecule has 1 saturated heterocycles. The van der Waals surface area contributed by atoms with Crippen LogP contribution in [0.3, 0.4) is 0 Å². The molecule has 1 N–H and O–H groups in total. The molecule has 0 unspecified atom stereocenters. The van der Waals surface area contributed by atoms with Crippen LogP contribution in [-0.2, 0) is 0 Å². The van der Waals surface area contributed by atoms with Crippen LogP contribution in [0.4, 0.5) is 5.95 Å². The summed E-state index contributed by atoms with van der Waals surface area (Å²) in [6.45, 7) is 9.18. The summed E-state index contributed by atoms with van der Waals surface area (Å²) in [5, 5.41) is 9.46. The average molecular weight is 416 g/mol. The van der Waals surface area contributed by atoms with Gasteiger partial charge in [-0.25, -0.2) is 0 Å². The predicted octanol–water partition coefficient (Wildman–Crippen LogP) is 4.11. The second-order valence-corrected chi connectivity index (χ2v) is 9.54. The maximum absolute atomic E-state index is 13.1. The summed E-state index contributed by atoms with van der Waals surface area (Å²) in [5.74, 6) is 0.934. The molecule has 2 fully saturated rings. The molecule has 1 aliphatic heterocycles. The number of thioether (sulfide) groups is 1. The third-order valence-electron chi connectivity index (χ3n) is 5.88. The Hall–Kier alpha value is -2.09. The fourth-order valence-electron chi connectivity index (χ4n) is 4.25. The molecular weight excluding hydrogens is 386 g/mol. The standard InChI is InChI=1S/C21H29N5O2S/c1-12-17(14(3)27)13(2)22-18(12)19(28)15(4)29-21-24-23-20(26(21)16-8-9-16)25-10-6-5-7-11-25/h15-16,22H,5-11H2,1-4H3/t15-/m1/s1. The summed E-state index contributed by atoms with van der Waals surface area (Å²) in [5.41, 5.74) is 2.65. The van der Waals surface area contributed by atoms with Gasteiger partial charge in [-0.15, -0.1) is 10.2 Å². The Morgan fingerprint density at radius 2 is 1.83 bits per heavy atom. The number of carbonyl (C=O) groups is 2. The second kappa shape index (κ2) is 7.97. The van der Waals surface area contributed by atoms with Crippen molar-refractivity contribution in [3.8, 4) is 0 Å². The monoisotopic (exact) mass is 415 g/mol. The number of aryl methyl sites for hydroxylation is 1. The fraction of sp³-hybridized carbons (Fsp3) is 0.619. The van der Waals surface area contributed by atoms with Crippen molar-refractivity contribution in [3.05, 3.63) is 22.5 Å². The smallest absolute Gasteiger partial charge is 0.228 e. The number of rotatable bonds is 7. The van der Waals surface area contributed by atoms with E-state index in [-0.39, 0.29) is 16.8 Å². The highest BCUT2D eigenvalue weighted by Gasteiger charge is 2.34. The highest BCUT2D eigenvalue weighted by molar-refractivity contribution is 8.00. The number of Topliss-reactive ketones (excluding diaryl/α,β-unsaturated/α-hetero) is 2. The molecule has 1 saturated carbocycles. The molecule has 2 aliphatic rings. The van der Waals surface area contributed by atoms with Gasteiger partial charge in [0.1, 0.15) is 0 Å². The lowest BCUT2D eigenvalue weighted by Crippen LogP contribution is -2.32. The van der Waals surface area contributed by atoms with Gasteiger partial charge in [0.25, 0.3) is 0 Å². The number of nitrogens with zero attached hydrogens (tertiary/aromatic N) is 4. The molecule has 4 rings (SSSR count). The number of piperidine rings is 1. The number of H-pyrrole nitrogens is 1. The first-order valence-electron chi connectivity index (χ1n) is 10.5. The molecule has 8 heteroatoms. The maximum atomic E-state index is 13.1. The number of aromatic nitrogens is 4. The molecule has 0 aromatic carbocycles. The zero-order chi connectivity index (χ0) is 20.7. The second-order valence-electron chi connectivity index (χ2n) is 8.24. The van der Waals surface area contributed by atoms with Crippen LogP contribution in [0.15, 0.2) is 5.16 Å². The number of hydrogen-bond donors (Lipinski definition) is 1. The van der Waals surface area contributed by atoms with E-state index in [9.17, 15) is 9.59 Å². The number of anilines is 1. The van der Waals surface area contributed by atoms with Gasteiger partial charge in [-0.1, -0.05) is 11.8 Å². The molecule has 0 radical (unpaired) electrons. The van der Waals surface area contributed by atoms with E-state index in [4.69, 9.17) is 0 Å². The van der Waals surface area contributed by atoms with Crippen LogP contribution in [0.1, 0.15) is 84.1 Å². The maximum Gasteiger partial charge on any atom is 0.228 e. The van der Waals surface area contributed by atoms with Gasteiger partial charge in [0.15, 0.2) is 16.7 Å². The normalized spacial score (nSPS) is 18.1. The van der Waals surface area contributed by atoms with E-state index in [0.29, 0.717) is 17.3 Å². The number of hydrogen-bond acceptors (Lipinski definition) is 6. The van der Waals surface area contributed by atoms with Crippen molar-refractivity contribution >= 4 is 29.3 Å². The molecule has 3 heterocycles. The zero-order valence-corrected chi connectivity index (χ0v) is 18.4. The summed E-state index contributed by atoms with van der Waals surface area (Å²) >= 11 is 1.47. The molecule has 156 valence electrons. The van der Waals surface area contributed by atoms with Crippen LogP contribution in [-0.4, -0.2) is 49.7 Å². The average Bonchev–Trinajstić information content (AvgIpc) is 3.38. The predicted molar refractivity (Wildman–Crippen MR) is 114 cm³/mol. The van der Waals surface area contributed by atoms with E-state index in [1.807, 2.05) is 20.8 Å². The quantitative estimate of drug-likeness (QED) is 0.541. The molecule has 2 aromatic rings. The van der Waals surface area contributed by atoms with Crippen LogP contribution < -0.4 is 4.90 Å². The third kappa shape index (κ3) is 3.86. The lowest BCUT2D eigenvalue weighted by atomic mass is 10.0. The van der Waals surface area contributed by atoms with E-state index in [1.165, 1.54) is 37.9 Å². The highest BCUT2D eigenvalue weighted by atomic mass is 32.2. The molecule has 0 amide bonds. The Balaban J connectivity index is 1.56. The van der Waals surface area contributed by atoms with Crippen LogP contribution in [0.25, 0.3) is 0 Å². The van der Waals surface area contributed by atoms with Gasteiger partial charge in [0.05, 0.1) is 10.9 Å². The minimum Gasteiger partial charge on any atom is -0.355 e.